The molecule has 0 amide bonds. The number of nitrogen functional groups attached to an aromatic ring is 1. The van der Waals surface area contributed by atoms with Crippen LogP contribution in [0, 0.1) is 5.92 Å². The van der Waals surface area contributed by atoms with Gasteiger partial charge in [-0.15, -0.1) is 0 Å². The van der Waals surface area contributed by atoms with Crippen molar-refractivity contribution in [3.8, 4) is 5.88 Å². The number of anilines is 1. The Morgan fingerprint density at radius 3 is 2.07 bits per heavy atom. The van der Waals surface area contributed by atoms with Crippen LogP contribution in [0.5, 0.6) is 5.88 Å². The summed E-state index contributed by atoms with van der Waals surface area (Å²) in [6, 6.07) is 29.5. The highest BCUT2D eigenvalue weighted by Crippen LogP contribution is 2.40. The molecule has 3 aromatic carbocycles. The average Bonchev–Trinajstić information content (AvgIpc) is 3.56. The van der Waals surface area contributed by atoms with Gasteiger partial charge in [-0.25, -0.2) is 4.98 Å². The summed E-state index contributed by atoms with van der Waals surface area (Å²) in [7, 11) is 0. The molecule has 6 rings (SSSR count). The average molecular weight is 552 g/mol. The Morgan fingerprint density at radius 1 is 0.805 bits per heavy atom. The van der Waals surface area contributed by atoms with Gasteiger partial charge in [0.25, 0.3) is 0 Å². The molecule has 1 fully saturated rings. The number of aliphatic hydroxyl groups excluding tert-OH is 1. The van der Waals surface area contributed by atoms with Crippen molar-refractivity contribution in [2.45, 2.75) is 44.5 Å². The maximum absolute atomic E-state index is 11.6. The number of ether oxygens (including phenoxy) is 3. The Hall–Kier alpha value is -4.31. The molecular formula is C32H33N5O4. The highest BCUT2D eigenvalue weighted by Gasteiger charge is 2.45. The summed E-state index contributed by atoms with van der Waals surface area (Å²) in [6.07, 6.45) is 1.23. The lowest BCUT2D eigenvalue weighted by atomic mass is 10.0. The van der Waals surface area contributed by atoms with Gasteiger partial charge < -0.3 is 29.6 Å². The van der Waals surface area contributed by atoms with E-state index < -0.39 is 6.10 Å². The van der Waals surface area contributed by atoms with Crippen molar-refractivity contribution in [2.75, 3.05) is 12.3 Å². The number of aliphatic hydroxyl groups is 1. The van der Waals surface area contributed by atoms with Gasteiger partial charge in [0.2, 0.25) is 11.8 Å². The van der Waals surface area contributed by atoms with Crippen molar-refractivity contribution in [2.24, 2.45) is 5.92 Å². The molecule has 41 heavy (non-hydrogen) atoms. The predicted octanol–water partition coefficient (Wildman–Crippen LogP) is 4.71. The summed E-state index contributed by atoms with van der Waals surface area (Å²) in [5, 5.41) is 11.6. The second-order valence-electron chi connectivity index (χ2n) is 10.3. The summed E-state index contributed by atoms with van der Waals surface area (Å²) in [5.41, 5.74) is 10.2. The van der Waals surface area contributed by atoms with E-state index in [2.05, 4.69) is 15.0 Å². The van der Waals surface area contributed by atoms with Crippen molar-refractivity contribution >= 4 is 17.1 Å². The fourth-order valence-electron chi connectivity index (χ4n) is 5.37. The zero-order valence-corrected chi connectivity index (χ0v) is 22.6. The first kappa shape index (κ1) is 26.9. The number of nitrogens with two attached hydrogens (primary N) is 1. The number of imidazole rings is 1. The number of rotatable bonds is 11. The standard InChI is InChI=1S/C32H33N5O4/c33-32-35-30-28(31(36-32)41-19-24-14-8-3-9-15-24)34-21-37(30)26-16-27(40-18-23-12-6-2-7-13-23)25(29(26)38)20-39-17-22-10-4-1-5-11-22/h1-15,21,25-27,29,38H,16-20H2,(H2,33,35,36)/t25-,26+,27-,29+/m1/s1. The van der Waals surface area contributed by atoms with Crippen LogP contribution in [-0.2, 0) is 29.3 Å². The smallest absolute Gasteiger partial charge is 0.247 e. The first-order chi connectivity index (χ1) is 20.2. The number of hydrogen-bond donors (Lipinski definition) is 2. The lowest BCUT2D eigenvalue weighted by Gasteiger charge is -2.23. The van der Waals surface area contributed by atoms with E-state index in [9.17, 15) is 5.11 Å². The van der Waals surface area contributed by atoms with Crippen LogP contribution in [0.15, 0.2) is 97.3 Å². The van der Waals surface area contributed by atoms with Crippen LogP contribution in [0.2, 0.25) is 0 Å². The van der Waals surface area contributed by atoms with E-state index in [0.717, 1.165) is 16.7 Å². The zero-order valence-electron chi connectivity index (χ0n) is 22.6. The molecule has 4 atom stereocenters. The van der Waals surface area contributed by atoms with Crippen LogP contribution in [-0.4, -0.2) is 43.4 Å². The maximum Gasteiger partial charge on any atom is 0.247 e. The molecule has 9 heteroatoms. The fourth-order valence-corrected chi connectivity index (χ4v) is 5.37. The molecule has 2 aromatic heterocycles. The van der Waals surface area contributed by atoms with Gasteiger partial charge in [0, 0.05) is 5.92 Å². The molecule has 1 aliphatic rings. The molecule has 0 bridgehead atoms. The van der Waals surface area contributed by atoms with Crippen LogP contribution in [0.3, 0.4) is 0 Å². The van der Waals surface area contributed by atoms with E-state index in [0.29, 0.717) is 49.9 Å². The molecule has 2 heterocycles. The fraction of sp³-hybridized carbons (Fsp3) is 0.281. The van der Waals surface area contributed by atoms with Gasteiger partial charge >= 0.3 is 0 Å². The van der Waals surface area contributed by atoms with Gasteiger partial charge in [-0.2, -0.15) is 9.97 Å². The lowest BCUT2D eigenvalue weighted by Crippen LogP contribution is -2.31. The minimum atomic E-state index is -0.756. The Kier molecular flexibility index (Phi) is 8.18. The number of nitrogens with zero attached hydrogens (tertiary/aromatic N) is 4. The Labute approximate surface area is 238 Å². The van der Waals surface area contributed by atoms with E-state index >= 15 is 0 Å². The van der Waals surface area contributed by atoms with Gasteiger partial charge in [-0.05, 0) is 23.1 Å². The van der Waals surface area contributed by atoms with Gasteiger partial charge in [0.05, 0.1) is 44.4 Å². The molecule has 1 saturated carbocycles. The Morgan fingerprint density at radius 2 is 1.41 bits per heavy atom. The molecule has 1 aliphatic carbocycles. The molecule has 210 valence electrons. The Balaban J connectivity index is 1.23. The van der Waals surface area contributed by atoms with Gasteiger partial charge in [0.15, 0.2) is 11.2 Å². The van der Waals surface area contributed by atoms with Crippen LogP contribution in [0.25, 0.3) is 11.2 Å². The molecule has 0 aliphatic heterocycles. The van der Waals surface area contributed by atoms with E-state index in [-0.39, 0.29) is 24.0 Å². The number of aromatic nitrogens is 4. The third kappa shape index (κ3) is 6.22. The summed E-state index contributed by atoms with van der Waals surface area (Å²) < 4.78 is 20.3. The van der Waals surface area contributed by atoms with Gasteiger partial charge in [0.1, 0.15) is 6.61 Å². The molecule has 3 N–H and O–H groups in total. The second kappa shape index (κ2) is 12.5. The largest absolute Gasteiger partial charge is 0.471 e. The minimum Gasteiger partial charge on any atom is -0.471 e. The van der Waals surface area contributed by atoms with Gasteiger partial charge in [-0.3, -0.25) is 0 Å². The van der Waals surface area contributed by atoms with Crippen LogP contribution < -0.4 is 10.5 Å². The van der Waals surface area contributed by atoms with Crippen LogP contribution in [0.4, 0.5) is 5.95 Å². The van der Waals surface area contributed by atoms with E-state index in [1.807, 2.05) is 95.6 Å². The van der Waals surface area contributed by atoms with Crippen LogP contribution >= 0.6 is 0 Å². The normalized spacial score (nSPS) is 20.4. The minimum absolute atomic E-state index is 0.0782. The summed E-state index contributed by atoms with van der Waals surface area (Å²) >= 11 is 0. The lowest BCUT2D eigenvalue weighted by molar-refractivity contribution is -0.0475. The highest BCUT2D eigenvalue weighted by atomic mass is 16.5. The molecule has 0 unspecified atom stereocenters. The summed E-state index contributed by atoms with van der Waals surface area (Å²) in [4.78, 5) is 13.3. The number of hydrogen-bond acceptors (Lipinski definition) is 8. The number of fused-ring (bicyclic) bond motifs is 1. The van der Waals surface area contributed by atoms with E-state index in [1.54, 1.807) is 6.33 Å². The van der Waals surface area contributed by atoms with Crippen molar-refractivity contribution in [1.29, 1.82) is 0 Å². The monoisotopic (exact) mass is 551 g/mol. The topological polar surface area (TPSA) is 118 Å². The molecule has 0 saturated heterocycles. The van der Waals surface area contributed by atoms with Crippen molar-refractivity contribution < 1.29 is 19.3 Å². The summed E-state index contributed by atoms with van der Waals surface area (Å²) in [5.74, 6) is 0.134. The first-order valence-electron chi connectivity index (χ1n) is 13.8. The predicted molar refractivity (Wildman–Crippen MR) is 155 cm³/mol. The maximum atomic E-state index is 11.6. The third-order valence-electron chi connectivity index (χ3n) is 7.50. The molecule has 5 aromatic rings. The summed E-state index contributed by atoms with van der Waals surface area (Å²) in [6.45, 7) is 1.57. The first-order valence-corrected chi connectivity index (χ1v) is 13.8. The van der Waals surface area contributed by atoms with Crippen molar-refractivity contribution in [3.05, 3.63) is 114 Å². The molecule has 9 nitrogen and oxygen atoms in total. The van der Waals surface area contributed by atoms with Gasteiger partial charge in [-0.1, -0.05) is 91.0 Å². The van der Waals surface area contributed by atoms with E-state index in [4.69, 9.17) is 19.9 Å². The molecule has 0 spiro atoms. The highest BCUT2D eigenvalue weighted by molar-refractivity contribution is 5.77. The third-order valence-corrected chi connectivity index (χ3v) is 7.50. The zero-order chi connectivity index (χ0) is 28.0. The second-order valence-corrected chi connectivity index (χ2v) is 10.3. The number of benzene rings is 3. The van der Waals surface area contributed by atoms with Crippen LogP contribution in [0.1, 0.15) is 29.2 Å². The molecule has 0 radical (unpaired) electrons. The molecular weight excluding hydrogens is 518 g/mol. The quantitative estimate of drug-likeness (QED) is 0.242. The van der Waals surface area contributed by atoms with Crippen molar-refractivity contribution in [3.63, 3.8) is 0 Å². The Bertz CT molecular complexity index is 1550. The van der Waals surface area contributed by atoms with E-state index in [1.165, 1.54) is 0 Å². The SMILES string of the molecule is Nc1nc(OCc2ccccc2)c2ncn([C@H]3C[C@@H](OCc4ccccc4)[C@@H](COCc4ccccc4)[C@@H]3O)c2n1. The van der Waals surface area contributed by atoms with Crippen molar-refractivity contribution in [1.82, 2.24) is 19.5 Å².